The number of benzene rings is 2. The van der Waals surface area contributed by atoms with E-state index in [4.69, 9.17) is 0 Å². The van der Waals surface area contributed by atoms with Crippen LogP contribution in [0.5, 0.6) is 0 Å². The lowest BCUT2D eigenvalue weighted by Crippen LogP contribution is -2.52. The van der Waals surface area contributed by atoms with Gasteiger partial charge in [0.25, 0.3) is 11.8 Å². The molecule has 3 rings (SSSR count). The topological polar surface area (TPSA) is 98.8 Å². The number of fused-ring (bicyclic) bond motifs is 1. The summed E-state index contributed by atoms with van der Waals surface area (Å²) in [7, 11) is -0.464. The van der Waals surface area contributed by atoms with E-state index in [2.05, 4.69) is 23.5 Å². The van der Waals surface area contributed by atoms with Crippen LogP contribution in [-0.2, 0) is 19.6 Å². The number of hydrazine groups is 1. The van der Waals surface area contributed by atoms with Crippen LogP contribution in [0, 0.1) is 0 Å². The highest BCUT2D eigenvalue weighted by Gasteiger charge is 2.43. The van der Waals surface area contributed by atoms with E-state index in [9.17, 15) is 18.0 Å². The lowest BCUT2D eigenvalue weighted by atomic mass is 10.1. The summed E-state index contributed by atoms with van der Waals surface area (Å²) in [6.45, 7) is 0.210. The summed E-state index contributed by atoms with van der Waals surface area (Å²) >= 11 is 4.38. The third-order valence-electron chi connectivity index (χ3n) is 4.65. The summed E-state index contributed by atoms with van der Waals surface area (Å²) in [6, 6.07) is 11.4. The lowest BCUT2D eigenvalue weighted by molar-refractivity contribution is -0.130. The van der Waals surface area contributed by atoms with E-state index < -0.39 is 27.9 Å². The molecule has 29 heavy (non-hydrogen) atoms. The van der Waals surface area contributed by atoms with Gasteiger partial charge in [0.2, 0.25) is 10.0 Å². The smallest absolute Gasteiger partial charge is 0.256 e. The standard InChI is InChI=1S/C19H24N4O4S2/c1-22(2)12-18(24)20-21-19(25)17-10-15(28)11-23(17)29(26,27)16-8-7-13-5-3-4-6-14(13)9-16/h3-9,15,17,28H,10-12H2,1-2H3,(H,20,24)(H,21,25)/t15-,17+/m1/s1. The number of sulfonamides is 1. The fraction of sp³-hybridized carbons (Fsp3) is 0.368. The molecule has 1 heterocycles. The Kier molecular flexibility index (Phi) is 6.47. The van der Waals surface area contributed by atoms with Gasteiger partial charge in [-0.1, -0.05) is 30.3 Å². The van der Waals surface area contributed by atoms with Crippen molar-refractivity contribution in [3.63, 3.8) is 0 Å². The molecule has 10 heteroatoms. The highest BCUT2D eigenvalue weighted by atomic mass is 32.2. The molecule has 1 saturated heterocycles. The monoisotopic (exact) mass is 436 g/mol. The van der Waals surface area contributed by atoms with E-state index in [0.29, 0.717) is 0 Å². The first-order valence-corrected chi connectivity index (χ1v) is 11.1. The Bertz CT molecular complexity index is 1030. The van der Waals surface area contributed by atoms with Gasteiger partial charge in [0.15, 0.2) is 0 Å². The van der Waals surface area contributed by atoms with Crippen molar-refractivity contribution in [2.24, 2.45) is 0 Å². The average Bonchev–Trinajstić information content (AvgIpc) is 3.08. The maximum absolute atomic E-state index is 13.2. The van der Waals surface area contributed by atoms with Crippen molar-refractivity contribution < 1.29 is 18.0 Å². The number of hydrogen-bond acceptors (Lipinski definition) is 6. The molecule has 0 aliphatic carbocycles. The predicted octanol–water partition coefficient (Wildman–Crippen LogP) is 0.610. The van der Waals surface area contributed by atoms with Crippen molar-refractivity contribution in [1.29, 1.82) is 0 Å². The molecule has 1 fully saturated rings. The molecule has 2 N–H and O–H groups in total. The Balaban J connectivity index is 1.80. The zero-order valence-electron chi connectivity index (χ0n) is 16.2. The van der Waals surface area contributed by atoms with E-state index >= 15 is 0 Å². The number of carbonyl (C=O) groups is 2. The molecule has 2 aromatic carbocycles. The van der Waals surface area contributed by atoms with Crippen molar-refractivity contribution in [1.82, 2.24) is 20.1 Å². The normalized spacial score (nSPS) is 20.1. The molecule has 0 radical (unpaired) electrons. The van der Waals surface area contributed by atoms with Crippen LogP contribution in [0.4, 0.5) is 0 Å². The van der Waals surface area contributed by atoms with Gasteiger partial charge in [0.05, 0.1) is 11.4 Å². The number of nitrogens with zero attached hydrogens (tertiary/aromatic N) is 2. The van der Waals surface area contributed by atoms with Crippen LogP contribution in [0.3, 0.4) is 0 Å². The highest BCUT2D eigenvalue weighted by molar-refractivity contribution is 7.89. The molecule has 1 aliphatic rings. The molecule has 8 nitrogen and oxygen atoms in total. The Morgan fingerprint density at radius 2 is 1.83 bits per heavy atom. The van der Waals surface area contributed by atoms with Crippen LogP contribution >= 0.6 is 12.6 Å². The fourth-order valence-corrected chi connectivity index (χ4v) is 5.46. The van der Waals surface area contributed by atoms with Crippen molar-refractivity contribution in [3.8, 4) is 0 Å². The molecule has 0 bridgehead atoms. The third-order valence-corrected chi connectivity index (χ3v) is 6.89. The first-order valence-electron chi connectivity index (χ1n) is 9.10. The minimum Gasteiger partial charge on any atom is -0.301 e. The average molecular weight is 437 g/mol. The van der Waals surface area contributed by atoms with Gasteiger partial charge in [-0.15, -0.1) is 0 Å². The van der Waals surface area contributed by atoms with E-state index in [-0.39, 0.29) is 29.7 Å². The molecular weight excluding hydrogens is 412 g/mol. The van der Waals surface area contributed by atoms with Crippen molar-refractivity contribution in [2.75, 3.05) is 27.2 Å². The number of likely N-dealkylation sites (N-methyl/N-ethyl adjacent to an activating group) is 1. The van der Waals surface area contributed by atoms with Crippen LogP contribution < -0.4 is 10.9 Å². The first-order chi connectivity index (χ1) is 13.7. The van der Waals surface area contributed by atoms with Gasteiger partial charge in [-0.05, 0) is 43.4 Å². The summed E-state index contributed by atoms with van der Waals surface area (Å²) in [5, 5.41) is 1.45. The van der Waals surface area contributed by atoms with Crippen LogP contribution in [0.25, 0.3) is 10.8 Å². The molecule has 0 unspecified atom stereocenters. The zero-order valence-corrected chi connectivity index (χ0v) is 17.9. The molecule has 2 aromatic rings. The summed E-state index contributed by atoms with van der Waals surface area (Å²) < 4.78 is 27.6. The zero-order chi connectivity index (χ0) is 21.2. The molecular formula is C19H24N4O4S2. The molecule has 0 spiro atoms. The quantitative estimate of drug-likeness (QED) is 0.471. The van der Waals surface area contributed by atoms with Crippen molar-refractivity contribution >= 4 is 45.2 Å². The van der Waals surface area contributed by atoms with Crippen molar-refractivity contribution in [3.05, 3.63) is 42.5 Å². The highest BCUT2D eigenvalue weighted by Crippen LogP contribution is 2.30. The lowest BCUT2D eigenvalue weighted by Gasteiger charge is -2.23. The Morgan fingerprint density at radius 1 is 1.14 bits per heavy atom. The van der Waals surface area contributed by atoms with E-state index in [1.54, 1.807) is 31.1 Å². The predicted molar refractivity (Wildman–Crippen MR) is 114 cm³/mol. The minimum absolute atomic E-state index is 0.0965. The number of carbonyl (C=O) groups excluding carboxylic acids is 2. The largest absolute Gasteiger partial charge is 0.301 e. The van der Waals surface area contributed by atoms with Crippen LogP contribution in [0.15, 0.2) is 47.4 Å². The van der Waals surface area contributed by atoms with Crippen molar-refractivity contribution in [2.45, 2.75) is 22.6 Å². The van der Waals surface area contributed by atoms with Gasteiger partial charge in [0.1, 0.15) is 6.04 Å². The van der Waals surface area contributed by atoms with Crippen LogP contribution in [0.2, 0.25) is 0 Å². The number of hydrogen-bond donors (Lipinski definition) is 3. The van der Waals surface area contributed by atoms with Gasteiger partial charge in [0, 0.05) is 11.8 Å². The summed E-state index contributed by atoms with van der Waals surface area (Å²) in [5.74, 6) is -0.981. The molecule has 0 saturated carbocycles. The molecule has 1 aliphatic heterocycles. The molecule has 156 valence electrons. The molecule has 2 amide bonds. The second-order valence-corrected chi connectivity index (χ2v) is 9.89. The third kappa shape index (κ3) is 4.89. The summed E-state index contributed by atoms with van der Waals surface area (Å²) in [6.07, 6.45) is 0.255. The molecule has 0 aromatic heterocycles. The maximum Gasteiger partial charge on any atom is 0.256 e. The van der Waals surface area contributed by atoms with Gasteiger partial charge in [-0.2, -0.15) is 16.9 Å². The van der Waals surface area contributed by atoms with E-state index in [1.807, 2.05) is 24.3 Å². The van der Waals surface area contributed by atoms with Gasteiger partial charge < -0.3 is 4.90 Å². The van der Waals surface area contributed by atoms with E-state index in [0.717, 1.165) is 15.1 Å². The SMILES string of the molecule is CN(C)CC(=O)NNC(=O)[C@@H]1C[C@@H](S)CN1S(=O)(=O)c1ccc2ccccc2c1. The Hall–Kier alpha value is -2.14. The number of rotatable bonds is 5. The first kappa shape index (κ1) is 21.6. The number of amides is 2. The second kappa shape index (κ2) is 8.70. The Morgan fingerprint density at radius 3 is 2.52 bits per heavy atom. The number of thiol groups is 1. The summed E-state index contributed by atoms with van der Waals surface area (Å²) in [4.78, 5) is 26.1. The Labute approximate surface area is 175 Å². The van der Waals surface area contributed by atoms with E-state index in [1.165, 1.54) is 6.07 Å². The van der Waals surface area contributed by atoms with Crippen LogP contribution in [0.1, 0.15) is 6.42 Å². The van der Waals surface area contributed by atoms with Gasteiger partial charge >= 0.3 is 0 Å². The van der Waals surface area contributed by atoms with Crippen LogP contribution in [-0.4, -0.2) is 67.9 Å². The van der Waals surface area contributed by atoms with Gasteiger partial charge in [-0.3, -0.25) is 20.4 Å². The second-order valence-electron chi connectivity index (χ2n) is 7.26. The fourth-order valence-electron chi connectivity index (χ4n) is 3.29. The summed E-state index contributed by atoms with van der Waals surface area (Å²) in [5.41, 5.74) is 4.64. The maximum atomic E-state index is 13.2. The number of nitrogens with one attached hydrogen (secondary N) is 2. The minimum atomic E-state index is -3.91. The van der Waals surface area contributed by atoms with Gasteiger partial charge in [-0.25, -0.2) is 8.42 Å². The molecule has 2 atom stereocenters.